The zero-order valence-electron chi connectivity index (χ0n) is 6.53. The van der Waals surface area contributed by atoms with E-state index >= 15 is 0 Å². The van der Waals surface area contributed by atoms with Crippen molar-refractivity contribution in [2.75, 3.05) is 0 Å². The first-order chi connectivity index (χ1) is 5.00. The number of hydrogen-bond donors (Lipinski definition) is 0. The SMILES string of the molecule is C1[CH2][Pt+2][CH2]1.[Cl-].[Cl-].c1ccncc1. The van der Waals surface area contributed by atoms with Crippen LogP contribution in [0.15, 0.2) is 30.6 Å². The van der Waals surface area contributed by atoms with Crippen LogP contribution in [0.25, 0.3) is 0 Å². The Morgan fingerprint density at radius 3 is 1.42 bits per heavy atom. The standard InChI is InChI=1S/C5H5N.C3H6.2ClH.Pt/c1-2-4-6-5-3-1;1-3-2;;;/h1-5H;1-3H2;2*1H;/q;;;;+2/p-2. The Hall–Kier alpha value is 0.418. The fourth-order valence-corrected chi connectivity index (χ4v) is 1.23. The molecular formula is C8H11Cl2NPt. The molecule has 4 heteroatoms. The molecule has 72 valence electrons. The average Bonchev–Trinajstić information content (AvgIpc) is 1.88. The topological polar surface area (TPSA) is 12.9 Å². The molecule has 0 N–H and O–H groups in total. The van der Waals surface area contributed by atoms with Gasteiger partial charge in [-0.05, 0) is 12.1 Å². The van der Waals surface area contributed by atoms with E-state index in [1.54, 1.807) is 28.4 Å². The van der Waals surface area contributed by atoms with Crippen molar-refractivity contribution in [1.29, 1.82) is 0 Å². The summed E-state index contributed by atoms with van der Waals surface area (Å²) in [5, 5.41) is 0. The first-order valence-corrected chi connectivity index (χ1v) is 6.51. The number of rotatable bonds is 0. The summed E-state index contributed by atoms with van der Waals surface area (Å²) in [6.07, 6.45) is 5.05. The minimum Gasteiger partial charge on any atom is -1.00 e. The normalized spacial score (nSPS) is 12.7. The maximum atomic E-state index is 3.78. The number of halogens is 2. The molecule has 2 rings (SSSR count). The monoisotopic (exact) mass is 386 g/mol. The number of aromatic nitrogens is 1. The van der Waals surface area contributed by atoms with Gasteiger partial charge in [0.25, 0.3) is 0 Å². The number of pyridine rings is 1. The van der Waals surface area contributed by atoms with Gasteiger partial charge >= 0.3 is 34.6 Å². The van der Waals surface area contributed by atoms with E-state index in [9.17, 15) is 0 Å². The first-order valence-electron chi connectivity index (χ1n) is 3.30. The minimum absolute atomic E-state index is 0. The second-order valence-corrected chi connectivity index (χ2v) is 5.26. The third-order valence-electron chi connectivity index (χ3n) is 1.01. The van der Waals surface area contributed by atoms with E-state index < -0.39 is 0 Å². The molecule has 0 aliphatic carbocycles. The molecule has 2 heterocycles. The van der Waals surface area contributed by atoms with Gasteiger partial charge < -0.3 is 24.8 Å². The van der Waals surface area contributed by atoms with E-state index in [0.29, 0.717) is 0 Å². The van der Waals surface area contributed by atoms with Crippen LogP contribution in [0.3, 0.4) is 0 Å². The summed E-state index contributed by atoms with van der Waals surface area (Å²) in [4.78, 5) is 7.01. The van der Waals surface area contributed by atoms with Crippen molar-refractivity contribution in [1.82, 2.24) is 4.98 Å². The predicted octanol–water partition coefficient (Wildman–Crippen LogP) is -3.60. The van der Waals surface area contributed by atoms with Crippen LogP contribution < -0.4 is 24.8 Å². The average molecular weight is 387 g/mol. The molecule has 0 aromatic carbocycles. The fourth-order valence-electron chi connectivity index (χ4n) is 0.424. The van der Waals surface area contributed by atoms with Crippen LogP contribution in [-0.2, 0) is 18.6 Å². The van der Waals surface area contributed by atoms with Crippen LogP contribution in [0.2, 0.25) is 9.62 Å². The first kappa shape index (κ1) is 14.9. The Bertz CT molecular complexity index is 126. The van der Waals surface area contributed by atoms with Crippen molar-refractivity contribution >= 4 is 0 Å². The summed E-state index contributed by atoms with van der Waals surface area (Å²) in [6.45, 7) is 0. The molecule has 0 bridgehead atoms. The maximum Gasteiger partial charge on any atom is 0.0267 e. The van der Waals surface area contributed by atoms with Crippen molar-refractivity contribution in [2.45, 2.75) is 16.0 Å². The van der Waals surface area contributed by atoms with Crippen LogP contribution in [0.1, 0.15) is 6.42 Å². The van der Waals surface area contributed by atoms with Gasteiger partial charge in [-0.2, -0.15) is 0 Å². The van der Waals surface area contributed by atoms with E-state index in [2.05, 4.69) is 4.98 Å². The maximum absolute atomic E-state index is 3.78. The van der Waals surface area contributed by atoms with Crippen molar-refractivity contribution < 1.29 is 43.4 Å². The van der Waals surface area contributed by atoms with Crippen molar-refractivity contribution in [3.8, 4) is 0 Å². The Kier molecular flexibility index (Phi) is 14.2. The second-order valence-electron chi connectivity index (χ2n) is 1.85. The van der Waals surface area contributed by atoms with Crippen molar-refractivity contribution in [2.24, 2.45) is 0 Å². The van der Waals surface area contributed by atoms with E-state index in [1.807, 2.05) is 18.2 Å². The third-order valence-corrected chi connectivity index (χ3v) is 4.23. The van der Waals surface area contributed by atoms with Gasteiger partial charge in [0.05, 0.1) is 0 Å². The van der Waals surface area contributed by atoms with E-state index in [4.69, 9.17) is 0 Å². The summed E-state index contributed by atoms with van der Waals surface area (Å²) in [7, 11) is 0. The second kappa shape index (κ2) is 11.4. The molecule has 1 nitrogen and oxygen atoms in total. The fraction of sp³-hybridized carbons (Fsp3) is 0.375. The Morgan fingerprint density at radius 1 is 0.917 bits per heavy atom. The van der Waals surface area contributed by atoms with Gasteiger partial charge in [-0.25, -0.2) is 0 Å². The molecule has 0 spiro atoms. The molecule has 0 atom stereocenters. The molecule has 0 saturated carbocycles. The molecule has 1 aromatic heterocycles. The summed E-state index contributed by atoms with van der Waals surface area (Å²) in [5.74, 6) is 0. The van der Waals surface area contributed by atoms with Gasteiger partial charge in [0.2, 0.25) is 0 Å². The van der Waals surface area contributed by atoms with E-state index in [1.165, 1.54) is 0 Å². The zero-order chi connectivity index (χ0) is 7.07. The van der Waals surface area contributed by atoms with Gasteiger partial charge in [0.1, 0.15) is 0 Å². The molecule has 1 saturated heterocycles. The molecule has 1 aromatic rings. The minimum atomic E-state index is 0. The molecule has 1 fully saturated rings. The van der Waals surface area contributed by atoms with Crippen molar-refractivity contribution in [3.05, 3.63) is 30.6 Å². The number of hydrogen-bond acceptors (Lipinski definition) is 1. The van der Waals surface area contributed by atoms with E-state index in [0.717, 1.165) is 18.6 Å². The van der Waals surface area contributed by atoms with Crippen LogP contribution in [0, 0.1) is 0 Å². The largest absolute Gasteiger partial charge is 1.00 e. The van der Waals surface area contributed by atoms with Gasteiger partial charge in [0.15, 0.2) is 0 Å². The van der Waals surface area contributed by atoms with Crippen LogP contribution in [0.5, 0.6) is 0 Å². The van der Waals surface area contributed by atoms with Crippen LogP contribution in [-0.4, -0.2) is 4.98 Å². The molecule has 1 aliphatic rings. The van der Waals surface area contributed by atoms with Crippen LogP contribution in [0.4, 0.5) is 0 Å². The Balaban J connectivity index is 0. The molecule has 0 radical (unpaired) electrons. The van der Waals surface area contributed by atoms with Crippen molar-refractivity contribution in [3.63, 3.8) is 0 Å². The zero-order valence-corrected chi connectivity index (χ0v) is 10.3. The quantitative estimate of drug-likeness (QED) is 0.449. The molecule has 0 unspecified atom stereocenters. The third kappa shape index (κ3) is 8.51. The molecule has 12 heavy (non-hydrogen) atoms. The predicted molar refractivity (Wildman–Crippen MR) is 38.5 cm³/mol. The number of nitrogens with zero attached hydrogens (tertiary/aromatic N) is 1. The summed E-state index contributed by atoms with van der Waals surface area (Å²) < 4.78 is 0. The Labute approximate surface area is 94.7 Å². The summed E-state index contributed by atoms with van der Waals surface area (Å²) in [6, 6.07) is 5.72. The van der Waals surface area contributed by atoms with Gasteiger partial charge in [-0.1, -0.05) is 6.07 Å². The Morgan fingerprint density at radius 2 is 1.33 bits per heavy atom. The van der Waals surface area contributed by atoms with Gasteiger partial charge in [0, 0.05) is 12.4 Å². The summed E-state index contributed by atoms with van der Waals surface area (Å²) in [5.41, 5.74) is 0. The smallest absolute Gasteiger partial charge is 0.0267 e. The summed E-state index contributed by atoms with van der Waals surface area (Å²) >= 11 is 0.784. The van der Waals surface area contributed by atoms with Gasteiger partial charge in [-0.3, -0.25) is 4.98 Å². The van der Waals surface area contributed by atoms with Crippen LogP contribution >= 0.6 is 0 Å². The van der Waals surface area contributed by atoms with Gasteiger partial charge in [-0.15, -0.1) is 0 Å². The van der Waals surface area contributed by atoms with E-state index in [-0.39, 0.29) is 24.8 Å². The molecule has 1 aliphatic heterocycles. The molecular weight excluding hydrogens is 376 g/mol. The molecule has 0 amide bonds.